The van der Waals surface area contributed by atoms with E-state index in [1.165, 1.54) is 0 Å². The van der Waals surface area contributed by atoms with E-state index in [4.69, 9.17) is 5.73 Å². The summed E-state index contributed by atoms with van der Waals surface area (Å²) in [6.45, 7) is 2.16. The average Bonchev–Trinajstić information content (AvgIpc) is 2.79. The number of rotatable bonds is 4. The molecule has 1 heterocycles. The number of thioether (sulfide) groups is 1. The fourth-order valence-electron chi connectivity index (χ4n) is 1.44. The van der Waals surface area contributed by atoms with Crippen molar-refractivity contribution < 1.29 is 4.79 Å². The number of nitrogens with zero attached hydrogens (tertiary/aromatic N) is 1. The predicted molar refractivity (Wildman–Crippen MR) is 78.2 cm³/mol. The first-order valence-corrected chi connectivity index (χ1v) is 7.63. The van der Waals surface area contributed by atoms with E-state index in [2.05, 4.69) is 10.3 Å². The maximum Gasteiger partial charge on any atom is 0.228 e. The maximum absolute atomic E-state index is 11.7. The Kier molecular flexibility index (Phi) is 4.21. The van der Waals surface area contributed by atoms with Crippen LogP contribution in [0.25, 0.3) is 10.2 Å². The second kappa shape index (κ2) is 5.69. The van der Waals surface area contributed by atoms with Crippen LogP contribution in [0.4, 0.5) is 5.69 Å². The van der Waals surface area contributed by atoms with Gasteiger partial charge in [-0.1, -0.05) is 18.7 Å². The van der Waals surface area contributed by atoms with Gasteiger partial charge < -0.3 is 11.1 Å². The van der Waals surface area contributed by atoms with E-state index in [-0.39, 0.29) is 11.8 Å². The van der Waals surface area contributed by atoms with Crippen LogP contribution in [0.1, 0.15) is 6.92 Å². The van der Waals surface area contributed by atoms with Gasteiger partial charge >= 0.3 is 0 Å². The highest BCUT2D eigenvalue weighted by Gasteiger charge is 2.11. The van der Waals surface area contributed by atoms with E-state index in [9.17, 15) is 4.79 Å². The molecule has 1 amide bonds. The number of hydrogen-bond donors (Lipinski definition) is 2. The first kappa shape index (κ1) is 13.3. The number of benzene rings is 1. The number of hydrogen-bond acceptors (Lipinski definition) is 5. The van der Waals surface area contributed by atoms with Gasteiger partial charge in [-0.3, -0.25) is 4.79 Å². The predicted octanol–water partition coefficient (Wildman–Crippen LogP) is 2.55. The molecule has 0 fully saturated rings. The highest BCUT2D eigenvalue weighted by Crippen LogP contribution is 2.30. The molecule has 1 atom stereocenters. The molecule has 2 aromatic rings. The molecular formula is C12H15N3OS2. The van der Waals surface area contributed by atoms with Gasteiger partial charge in [-0.15, -0.1) is 11.3 Å². The standard InChI is InChI=1S/C12H15N3OS2/c1-7(6-13)11(16)14-8-3-4-9-10(5-8)18-12(15-9)17-2/h3-5,7H,6,13H2,1-2H3,(H,14,16). The van der Waals surface area contributed by atoms with Crippen LogP contribution in [0, 0.1) is 5.92 Å². The Hall–Kier alpha value is -1.11. The summed E-state index contributed by atoms with van der Waals surface area (Å²) in [6, 6.07) is 5.75. The smallest absolute Gasteiger partial charge is 0.228 e. The molecule has 0 aliphatic carbocycles. The lowest BCUT2D eigenvalue weighted by atomic mass is 10.1. The summed E-state index contributed by atoms with van der Waals surface area (Å²) in [4.78, 5) is 16.2. The van der Waals surface area contributed by atoms with E-state index < -0.39 is 0 Å². The van der Waals surface area contributed by atoms with Crippen LogP contribution in [0.2, 0.25) is 0 Å². The zero-order valence-electron chi connectivity index (χ0n) is 10.3. The van der Waals surface area contributed by atoms with Crippen molar-refractivity contribution in [2.24, 2.45) is 11.7 Å². The second-order valence-electron chi connectivity index (χ2n) is 3.99. The van der Waals surface area contributed by atoms with Gasteiger partial charge in [-0.2, -0.15) is 0 Å². The van der Waals surface area contributed by atoms with Crippen molar-refractivity contribution in [2.45, 2.75) is 11.3 Å². The molecule has 2 rings (SSSR count). The Morgan fingerprint density at radius 2 is 2.39 bits per heavy atom. The van der Waals surface area contributed by atoms with Crippen LogP contribution in [0.5, 0.6) is 0 Å². The lowest BCUT2D eigenvalue weighted by molar-refractivity contribution is -0.119. The van der Waals surface area contributed by atoms with Crippen molar-refractivity contribution in [2.75, 3.05) is 18.1 Å². The Bertz CT molecular complexity index is 567. The molecule has 1 unspecified atom stereocenters. The van der Waals surface area contributed by atoms with Gasteiger partial charge in [-0.05, 0) is 24.5 Å². The van der Waals surface area contributed by atoms with Crippen LogP contribution >= 0.6 is 23.1 Å². The van der Waals surface area contributed by atoms with Gasteiger partial charge in [0.1, 0.15) is 0 Å². The lowest BCUT2D eigenvalue weighted by Crippen LogP contribution is -2.26. The molecule has 6 heteroatoms. The summed E-state index contributed by atoms with van der Waals surface area (Å²) >= 11 is 3.25. The van der Waals surface area contributed by atoms with Crippen molar-refractivity contribution >= 4 is 44.9 Å². The highest BCUT2D eigenvalue weighted by atomic mass is 32.2. The first-order chi connectivity index (χ1) is 8.63. The third-order valence-electron chi connectivity index (χ3n) is 2.61. The van der Waals surface area contributed by atoms with Crippen LogP contribution in [0.15, 0.2) is 22.5 Å². The number of carbonyl (C=O) groups is 1. The number of anilines is 1. The van der Waals surface area contributed by atoms with Gasteiger partial charge in [0.25, 0.3) is 0 Å². The van der Waals surface area contributed by atoms with E-state index >= 15 is 0 Å². The van der Waals surface area contributed by atoms with E-state index in [0.717, 1.165) is 20.2 Å². The van der Waals surface area contributed by atoms with E-state index in [1.807, 2.05) is 31.4 Å². The summed E-state index contributed by atoms with van der Waals surface area (Å²) < 4.78 is 2.11. The minimum absolute atomic E-state index is 0.0496. The van der Waals surface area contributed by atoms with Gasteiger partial charge in [0.2, 0.25) is 5.91 Å². The minimum atomic E-state index is -0.177. The number of carbonyl (C=O) groups excluding carboxylic acids is 1. The number of nitrogens with two attached hydrogens (primary N) is 1. The summed E-state index contributed by atoms with van der Waals surface area (Å²) in [5, 5.41) is 2.87. The molecule has 96 valence electrons. The summed E-state index contributed by atoms with van der Waals surface area (Å²) in [5.74, 6) is -0.227. The van der Waals surface area contributed by atoms with E-state index in [0.29, 0.717) is 6.54 Å². The third-order valence-corrected chi connectivity index (χ3v) is 4.62. The largest absolute Gasteiger partial charge is 0.330 e. The van der Waals surface area contributed by atoms with Crippen LogP contribution < -0.4 is 11.1 Å². The van der Waals surface area contributed by atoms with Crippen molar-refractivity contribution in [3.8, 4) is 0 Å². The van der Waals surface area contributed by atoms with Crippen molar-refractivity contribution in [3.05, 3.63) is 18.2 Å². The summed E-state index contributed by atoms with van der Waals surface area (Å²) in [5.41, 5.74) is 7.23. The second-order valence-corrected chi connectivity index (χ2v) is 6.08. The minimum Gasteiger partial charge on any atom is -0.330 e. The SMILES string of the molecule is CSc1nc2ccc(NC(=O)C(C)CN)cc2s1. The molecule has 1 aromatic heterocycles. The maximum atomic E-state index is 11.7. The molecule has 0 spiro atoms. The molecule has 0 saturated heterocycles. The van der Waals surface area contributed by atoms with Crippen molar-refractivity contribution in [1.82, 2.24) is 4.98 Å². The normalized spacial score (nSPS) is 12.6. The van der Waals surface area contributed by atoms with Gasteiger partial charge in [-0.25, -0.2) is 4.98 Å². The fourth-order valence-corrected chi connectivity index (χ4v) is 2.97. The van der Waals surface area contributed by atoms with Gasteiger partial charge in [0, 0.05) is 18.2 Å². The number of nitrogens with one attached hydrogen (secondary N) is 1. The monoisotopic (exact) mass is 281 g/mol. The van der Waals surface area contributed by atoms with Crippen LogP contribution in [-0.4, -0.2) is 23.7 Å². The summed E-state index contributed by atoms with van der Waals surface area (Å²) in [7, 11) is 0. The Morgan fingerprint density at radius 3 is 3.06 bits per heavy atom. The molecule has 0 bridgehead atoms. The zero-order valence-corrected chi connectivity index (χ0v) is 11.9. The van der Waals surface area contributed by atoms with Crippen LogP contribution in [-0.2, 0) is 4.79 Å². The third kappa shape index (κ3) is 2.82. The van der Waals surface area contributed by atoms with Crippen LogP contribution in [0.3, 0.4) is 0 Å². The molecular weight excluding hydrogens is 266 g/mol. The molecule has 18 heavy (non-hydrogen) atoms. The average molecular weight is 281 g/mol. The zero-order chi connectivity index (χ0) is 13.1. The molecule has 0 aliphatic heterocycles. The molecule has 1 aromatic carbocycles. The molecule has 3 N–H and O–H groups in total. The topological polar surface area (TPSA) is 68.0 Å². The number of amides is 1. The highest BCUT2D eigenvalue weighted by molar-refractivity contribution is 8.00. The van der Waals surface area contributed by atoms with E-state index in [1.54, 1.807) is 23.1 Å². The Morgan fingerprint density at radius 1 is 1.61 bits per heavy atom. The number of thiazole rings is 1. The van der Waals surface area contributed by atoms with Gasteiger partial charge in [0.05, 0.1) is 10.2 Å². The molecule has 0 saturated carbocycles. The number of aromatic nitrogens is 1. The summed E-state index contributed by atoms with van der Waals surface area (Å²) in [6.07, 6.45) is 2.00. The quantitative estimate of drug-likeness (QED) is 0.845. The van der Waals surface area contributed by atoms with Crippen molar-refractivity contribution in [1.29, 1.82) is 0 Å². The molecule has 0 aliphatic rings. The fraction of sp³-hybridized carbons (Fsp3) is 0.333. The molecule has 0 radical (unpaired) electrons. The van der Waals surface area contributed by atoms with Crippen molar-refractivity contribution in [3.63, 3.8) is 0 Å². The van der Waals surface area contributed by atoms with Gasteiger partial charge in [0.15, 0.2) is 4.34 Å². The first-order valence-electron chi connectivity index (χ1n) is 5.59. The molecule has 4 nitrogen and oxygen atoms in total. The Balaban J connectivity index is 2.21. The lowest BCUT2D eigenvalue weighted by Gasteiger charge is -2.09. The number of fused-ring (bicyclic) bond motifs is 1. The Labute approximate surface area is 114 Å².